The topological polar surface area (TPSA) is 48.3 Å². The Morgan fingerprint density at radius 3 is 3.28 bits per heavy atom. The number of fused-ring (bicyclic) bond motifs is 1. The molecule has 3 heterocycles. The van der Waals surface area contributed by atoms with Crippen LogP contribution in [0, 0.1) is 18.3 Å². The average Bonchev–Trinajstić information content (AvgIpc) is 2.79. The Kier molecular flexibility index (Phi) is 3.35. The lowest BCUT2D eigenvalue weighted by Gasteiger charge is -2.42. The highest BCUT2D eigenvalue weighted by molar-refractivity contribution is 7.10. The molecule has 0 unspecified atom stereocenters. The maximum atomic E-state index is 9.02. The van der Waals surface area contributed by atoms with Gasteiger partial charge in [-0.1, -0.05) is 0 Å². The number of nitriles is 1. The fraction of sp³-hybridized carbons (Fsp3) is 0.615. The van der Waals surface area contributed by atoms with Crippen molar-refractivity contribution in [3.63, 3.8) is 0 Å². The summed E-state index contributed by atoms with van der Waals surface area (Å²) >= 11 is 1.53. The van der Waals surface area contributed by atoms with E-state index in [1.54, 1.807) is 0 Å². The van der Waals surface area contributed by atoms with E-state index < -0.39 is 0 Å². The van der Waals surface area contributed by atoms with E-state index in [1.807, 2.05) is 6.92 Å². The van der Waals surface area contributed by atoms with Crippen LogP contribution in [0.25, 0.3) is 0 Å². The molecule has 2 aliphatic heterocycles. The van der Waals surface area contributed by atoms with Crippen LogP contribution in [0.2, 0.25) is 0 Å². The molecule has 2 atom stereocenters. The Morgan fingerprint density at radius 2 is 2.50 bits per heavy atom. The maximum Gasteiger partial charge on any atom is 0.110 e. The standard InChI is InChI=1S/C13H17N3OS/c1-9-11(8-18-13(9)4-14)12-6-16-3-2-15-5-10(16)7-17-12/h8,10,12,15H,2-3,5-7H2,1H3/t10-,12-/m0/s1. The quantitative estimate of drug-likeness (QED) is 0.829. The molecule has 0 saturated carbocycles. The molecule has 0 aliphatic carbocycles. The van der Waals surface area contributed by atoms with Crippen LogP contribution in [0.5, 0.6) is 0 Å². The molecule has 0 radical (unpaired) electrons. The largest absolute Gasteiger partial charge is 0.370 e. The second kappa shape index (κ2) is 4.98. The molecule has 5 heteroatoms. The molecular weight excluding hydrogens is 246 g/mol. The number of ether oxygens (including phenoxy) is 1. The monoisotopic (exact) mass is 263 g/mol. The number of nitrogens with one attached hydrogen (secondary N) is 1. The van der Waals surface area contributed by atoms with Crippen molar-refractivity contribution in [2.75, 3.05) is 32.8 Å². The van der Waals surface area contributed by atoms with Gasteiger partial charge in [0, 0.05) is 32.2 Å². The molecule has 2 fully saturated rings. The summed E-state index contributed by atoms with van der Waals surface area (Å²) in [6, 6.07) is 2.77. The highest BCUT2D eigenvalue weighted by atomic mass is 32.1. The van der Waals surface area contributed by atoms with E-state index in [4.69, 9.17) is 10.00 Å². The van der Waals surface area contributed by atoms with Gasteiger partial charge in [0.25, 0.3) is 0 Å². The summed E-state index contributed by atoms with van der Waals surface area (Å²) < 4.78 is 5.99. The van der Waals surface area contributed by atoms with E-state index in [2.05, 4.69) is 21.7 Å². The lowest BCUT2D eigenvalue weighted by molar-refractivity contribution is -0.0718. The Morgan fingerprint density at radius 1 is 1.61 bits per heavy atom. The van der Waals surface area contributed by atoms with Crippen LogP contribution in [0.1, 0.15) is 22.1 Å². The smallest absolute Gasteiger partial charge is 0.110 e. The SMILES string of the molecule is Cc1c([C@@H]2CN3CCNC[C@H]3CO2)csc1C#N. The summed E-state index contributed by atoms with van der Waals surface area (Å²) in [4.78, 5) is 3.32. The third-order valence-corrected chi connectivity index (χ3v) is 4.89. The number of piperazine rings is 1. The predicted octanol–water partition coefficient (Wildman–Crippen LogP) is 1.27. The molecule has 0 aromatic carbocycles. The number of hydrogen-bond donors (Lipinski definition) is 1. The molecule has 1 N–H and O–H groups in total. The first-order valence-electron chi connectivity index (χ1n) is 6.34. The minimum absolute atomic E-state index is 0.137. The predicted molar refractivity (Wildman–Crippen MR) is 70.7 cm³/mol. The number of nitrogens with zero attached hydrogens (tertiary/aromatic N) is 2. The summed E-state index contributed by atoms with van der Waals surface area (Å²) in [5.41, 5.74) is 2.30. The highest BCUT2D eigenvalue weighted by Crippen LogP contribution is 2.32. The van der Waals surface area contributed by atoms with Gasteiger partial charge >= 0.3 is 0 Å². The first kappa shape index (κ1) is 12.1. The van der Waals surface area contributed by atoms with E-state index >= 15 is 0 Å². The van der Waals surface area contributed by atoms with E-state index in [-0.39, 0.29) is 6.10 Å². The van der Waals surface area contributed by atoms with E-state index in [0.717, 1.165) is 43.2 Å². The molecule has 0 spiro atoms. The van der Waals surface area contributed by atoms with Crippen LogP contribution in [-0.2, 0) is 4.74 Å². The van der Waals surface area contributed by atoms with Gasteiger partial charge in [-0.25, -0.2) is 0 Å². The summed E-state index contributed by atoms with van der Waals surface area (Å²) in [5, 5.41) is 14.5. The van der Waals surface area contributed by atoms with Crippen LogP contribution in [0.15, 0.2) is 5.38 Å². The molecule has 3 rings (SSSR count). The fourth-order valence-corrected chi connectivity index (χ4v) is 3.67. The molecule has 0 bridgehead atoms. The Hall–Kier alpha value is -0.930. The van der Waals surface area contributed by atoms with Gasteiger partial charge in [0.2, 0.25) is 0 Å². The van der Waals surface area contributed by atoms with Gasteiger partial charge in [-0.15, -0.1) is 11.3 Å². The van der Waals surface area contributed by atoms with Gasteiger partial charge < -0.3 is 10.1 Å². The van der Waals surface area contributed by atoms with Crippen LogP contribution >= 0.6 is 11.3 Å². The minimum Gasteiger partial charge on any atom is -0.370 e. The summed E-state index contributed by atoms with van der Waals surface area (Å²) in [7, 11) is 0. The van der Waals surface area contributed by atoms with Crippen LogP contribution in [0.3, 0.4) is 0 Å². The van der Waals surface area contributed by atoms with Gasteiger partial charge in [0.05, 0.1) is 12.7 Å². The average molecular weight is 263 g/mol. The molecule has 18 heavy (non-hydrogen) atoms. The first-order valence-corrected chi connectivity index (χ1v) is 7.22. The van der Waals surface area contributed by atoms with Crippen molar-refractivity contribution in [3.8, 4) is 6.07 Å². The van der Waals surface area contributed by atoms with Crippen LogP contribution in [-0.4, -0.2) is 43.7 Å². The number of hydrogen-bond acceptors (Lipinski definition) is 5. The van der Waals surface area contributed by atoms with Gasteiger partial charge in [0.1, 0.15) is 10.9 Å². The molecule has 2 aliphatic rings. The van der Waals surface area contributed by atoms with Gasteiger partial charge in [-0.2, -0.15) is 5.26 Å². The third kappa shape index (κ3) is 2.06. The molecule has 1 aromatic heterocycles. The van der Waals surface area contributed by atoms with Gasteiger partial charge in [-0.3, -0.25) is 4.90 Å². The maximum absolute atomic E-state index is 9.02. The zero-order valence-electron chi connectivity index (χ0n) is 10.5. The zero-order valence-corrected chi connectivity index (χ0v) is 11.3. The molecule has 4 nitrogen and oxygen atoms in total. The van der Waals surface area contributed by atoms with Crippen molar-refractivity contribution in [2.45, 2.75) is 19.1 Å². The first-order chi connectivity index (χ1) is 8.79. The Balaban J connectivity index is 1.77. The number of morpholine rings is 1. The Labute approximate surface area is 111 Å². The zero-order chi connectivity index (χ0) is 12.5. The molecule has 1 aromatic rings. The number of rotatable bonds is 1. The molecule has 0 amide bonds. The van der Waals surface area contributed by atoms with Crippen molar-refractivity contribution >= 4 is 11.3 Å². The van der Waals surface area contributed by atoms with Crippen molar-refractivity contribution < 1.29 is 4.74 Å². The van der Waals surface area contributed by atoms with Gasteiger partial charge in [-0.05, 0) is 23.4 Å². The van der Waals surface area contributed by atoms with E-state index in [1.165, 1.54) is 16.9 Å². The van der Waals surface area contributed by atoms with Crippen molar-refractivity contribution in [2.24, 2.45) is 0 Å². The lowest BCUT2D eigenvalue weighted by Crippen LogP contribution is -2.57. The summed E-state index contributed by atoms with van der Waals surface area (Å²) in [5.74, 6) is 0. The third-order valence-electron chi connectivity index (χ3n) is 3.89. The Bertz CT molecular complexity index is 479. The van der Waals surface area contributed by atoms with Crippen LogP contribution in [0.4, 0.5) is 0 Å². The van der Waals surface area contributed by atoms with E-state index in [0.29, 0.717) is 6.04 Å². The number of thiophene rings is 1. The van der Waals surface area contributed by atoms with Crippen LogP contribution < -0.4 is 5.32 Å². The fourth-order valence-electron chi connectivity index (χ4n) is 2.75. The summed E-state index contributed by atoms with van der Waals surface area (Å²) in [6.45, 7) is 6.95. The van der Waals surface area contributed by atoms with Crippen molar-refractivity contribution in [1.82, 2.24) is 10.2 Å². The molecular formula is C13H17N3OS. The lowest BCUT2D eigenvalue weighted by atomic mass is 10.0. The second-order valence-electron chi connectivity index (χ2n) is 4.93. The summed E-state index contributed by atoms with van der Waals surface area (Å²) in [6.07, 6.45) is 0.137. The van der Waals surface area contributed by atoms with Crippen molar-refractivity contribution in [3.05, 3.63) is 21.4 Å². The van der Waals surface area contributed by atoms with Gasteiger partial charge in [0.15, 0.2) is 0 Å². The van der Waals surface area contributed by atoms with E-state index in [9.17, 15) is 0 Å². The normalized spacial score (nSPS) is 28.7. The van der Waals surface area contributed by atoms with Crippen molar-refractivity contribution in [1.29, 1.82) is 5.26 Å². The second-order valence-corrected chi connectivity index (χ2v) is 5.81. The molecule has 2 saturated heterocycles. The minimum atomic E-state index is 0.137. The highest BCUT2D eigenvalue weighted by Gasteiger charge is 2.32. The molecule has 96 valence electrons.